The number of ether oxygens (including phenoxy) is 3. The zero-order valence-electron chi connectivity index (χ0n) is 23.6. The SMILES string of the molecule is COc1cc(OC)cc(-c2nn(-c3cc(NCCNC(=O)OC(C)(C)C)ccc3C(F)(F)F)c(=O)c3c2CCC3)c1. The van der Waals surface area contributed by atoms with E-state index in [2.05, 4.69) is 15.7 Å². The second-order valence-electron chi connectivity index (χ2n) is 10.6. The first kappa shape index (κ1) is 29.8. The normalized spacial score (nSPS) is 13.0. The second kappa shape index (κ2) is 11.7. The molecule has 0 unspecified atom stereocenters. The molecule has 0 spiro atoms. The highest BCUT2D eigenvalue weighted by molar-refractivity contribution is 5.69. The van der Waals surface area contributed by atoms with E-state index in [4.69, 9.17) is 14.2 Å². The Balaban J connectivity index is 1.74. The number of amides is 1. The highest BCUT2D eigenvalue weighted by Gasteiger charge is 2.35. The van der Waals surface area contributed by atoms with Crippen LogP contribution in [0.1, 0.15) is 43.9 Å². The van der Waals surface area contributed by atoms with Crippen molar-refractivity contribution in [3.8, 4) is 28.4 Å². The summed E-state index contributed by atoms with van der Waals surface area (Å²) in [5, 5.41) is 10.1. The maximum absolute atomic E-state index is 14.2. The zero-order valence-corrected chi connectivity index (χ0v) is 23.6. The Hall–Kier alpha value is -4.22. The molecule has 0 saturated carbocycles. The minimum absolute atomic E-state index is 0.157. The first-order valence-electron chi connectivity index (χ1n) is 13.1. The number of rotatable bonds is 8. The van der Waals surface area contributed by atoms with Crippen LogP contribution in [0.2, 0.25) is 0 Å². The highest BCUT2D eigenvalue weighted by Crippen LogP contribution is 2.37. The van der Waals surface area contributed by atoms with Crippen molar-refractivity contribution in [3.63, 3.8) is 0 Å². The molecule has 2 aromatic carbocycles. The van der Waals surface area contributed by atoms with Crippen LogP contribution in [0.3, 0.4) is 0 Å². The van der Waals surface area contributed by atoms with Gasteiger partial charge in [-0.3, -0.25) is 4.79 Å². The van der Waals surface area contributed by atoms with Crippen LogP contribution in [0.4, 0.5) is 23.7 Å². The lowest BCUT2D eigenvalue weighted by atomic mass is 10.0. The lowest BCUT2D eigenvalue weighted by molar-refractivity contribution is -0.137. The predicted molar refractivity (Wildman–Crippen MR) is 148 cm³/mol. The fraction of sp³-hybridized carbons (Fsp3) is 0.414. The largest absolute Gasteiger partial charge is 0.497 e. The number of carbonyl (C=O) groups is 1. The molecular formula is C29H33F3N4O5. The summed E-state index contributed by atoms with van der Waals surface area (Å²) in [6.45, 7) is 5.56. The third-order valence-corrected chi connectivity index (χ3v) is 6.43. The van der Waals surface area contributed by atoms with E-state index in [1.54, 1.807) is 39.0 Å². The van der Waals surface area contributed by atoms with Crippen LogP contribution in [0.5, 0.6) is 11.5 Å². The van der Waals surface area contributed by atoms with Crippen LogP contribution in [0.15, 0.2) is 41.2 Å². The van der Waals surface area contributed by atoms with E-state index >= 15 is 0 Å². The van der Waals surface area contributed by atoms with Gasteiger partial charge in [0.05, 0.1) is 31.2 Å². The van der Waals surface area contributed by atoms with Crippen molar-refractivity contribution in [2.45, 2.75) is 51.8 Å². The summed E-state index contributed by atoms with van der Waals surface area (Å²) in [6.07, 6.45) is -3.66. The van der Waals surface area contributed by atoms with Gasteiger partial charge in [-0.25, -0.2) is 4.79 Å². The van der Waals surface area contributed by atoms with Crippen LogP contribution < -0.4 is 25.7 Å². The standard InChI is InChI=1S/C29H33F3N4O5/c1-28(2,3)41-27(38)34-12-11-33-18-9-10-23(29(30,31)32)24(15-18)36-26(37)22-8-6-7-21(22)25(35-36)17-13-19(39-4)16-20(14-17)40-5/h9-10,13-16,33H,6-8,11-12H2,1-5H3,(H,34,38). The van der Waals surface area contributed by atoms with Gasteiger partial charge >= 0.3 is 12.3 Å². The summed E-state index contributed by atoms with van der Waals surface area (Å²) in [6, 6.07) is 8.51. The van der Waals surface area contributed by atoms with Gasteiger partial charge < -0.3 is 24.8 Å². The number of alkyl halides is 3. The molecule has 1 amide bonds. The van der Waals surface area contributed by atoms with Crippen molar-refractivity contribution in [1.82, 2.24) is 15.1 Å². The Labute approximate surface area is 235 Å². The van der Waals surface area contributed by atoms with Gasteiger partial charge in [0.1, 0.15) is 17.1 Å². The van der Waals surface area contributed by atoms with Crippen molar-refractivity contribution in [3.05, 3.63) is 63.4 Å². The average Bonchev–Trinajstić information content (AvgIpc) is 3.40. The number of hydrogen-bond acceptors (Lipinski definition) is 7. The molecule has 0 bridgehead atoms. The van der Waals surface area contributed by atoms with Crippen molar-refractivity contribution >= 4 is 11.8 Å². The molecule has 0 aliphatic heterocycles. The Morgan fingerprint density at radius 1 is 0.976 bits per heavy atom. The molecule has 4 rings (SSSR count). The van der Waals surface area contributed by atoms with Crippen LogP contribution in [0.25, 0.3) is 16.9 Å². The fourth-order valence-corrected chi connectivity index (χ4v) is 4.66. The number of aromatic nitrogens is 2. The number of carbonyl (C=O) groups excluding carboxylic acids is 1. The quantitative estimate of drug-likeness (QED) is 0.349. The van der Waals surface area contributed by atoms with Gasteiger partial charge in [-0.2, -0.15) is 23.0 Å². The monoisotopic (exact) mass is 574 g/mol. The topological polar surface area (TPSA) is 104 Å². The highest BCUT2D eigenvalue weighted by atomic mass is 19.4. The van der Waals surface area contributed by atoms with Crippen LogP contribution in [-0.4, -0.2) is 48.8 Å². The number of methoxy groups -OCH3 is 2. The Morgan fingerprint density at radius 2 is 1.63 bits per heavy atom. The van der Waals surface area contributed by atoms with Gasteiger partial charge in [0, 0.05) is 36.0 Å². The summed E-state index contributed by atoms with van der Waals surface area (Å²) >= 11 is 0. The molecule has 12 heteroatoms. The Kier molecular flexibility index (Phi) is 8.50. The molecule has 0 fully saturated rings. The van der Waals surface area contributed by atoms with E-state index < -0.39 is 34.7 Å². The molecule has 0 atom stereocenters. The van der Waals surface area contributed by atoms with Crippen LogP contribution >= 0.6 is 0 Å². The third kappa shape index (κ3) is 6.93. The first-order chi connectivity index (χ1) is 19.3. The lowest BCUT2D eigenvalue weighted by Gasteiger charge is -2.20. The number of nitrogens with zero attached hydrogens (tertiary/aromatic N) is 2. The van der Waals surface area contributed by atoms with E-state index in [0.29, 0.717) is 58.8 Å². The number of anilines is 1. The number of benzene rings is 2. The zero-order chi connectivity index (χ0) is 29.9. The van der Waals surface area contributed by atoms with E-state index in [9.17, 15) is 22.8 Å². The number of nitrogens with one attached hydrogen (secondary N) is 2. The minimum atomic E-state index is -4.74. The number of fused-ring (bicyclic) bond motifs is 1. The lowest BCUT2D eigenvalue weighted by Crippen LogP contribution is -2.35. The van der Waals surface area contributed by atoms with Crippen molar-refractivity contribution < 1.29 is 32.2 Å². The molecule has 220 valence electrons. The summed E-state index contributed by atoms with van der Waals surface area (Å²) in [7, 11) is 2.99. The van der Waals surface area contributed by atoms with Crippen molar-refractivity contribution in [1.29, 1.82) is 0 Å². The summed E-state index contributed by atoms with van der Waals surface area (Å²) in [4.78, 5) is 25.4. The molecule has 1 aliphatic carbocycles. The number of hydrogen-bond donors (Lipinski definition) is 2. The van der Waals surface area contributed by atoms with Gasteiger partial charge in [-0.15, -0.1) is 0 Å². The summed E-state index contributed by atoms with van der Waals surface area (Å²) in [5.74, 6) is 0.959. The predicted octanol–water partition coefficient (Wildman–Crippen LogP) is 5.36. The van der Waals surface area contributed by atoms with Gasteiger partial charge in [0.2, 0.25) is 0 Å². The Morgan fingerprint density at radius 3 is 2.24 bits per heavy atom. The smallest absolute Gasteiger partial charge is 0.418 e. The molecule has 1 aliphatic rings. The van der Waals surface area contributed by atoms with Gasteiger partial charge in [-0.05, 0) is 75.9 Å². The molecule has 1 heterocycles. The fourth-order valence-electron chi connectivity index (χ4n) is 4.66. The molecule has 2 N–H and O–H groups in total. The molecule has 41 heavy (non-hydrogen) atoms. The van der Waals surface area contributed by atoms with Gasteiger partial charge in [0.25, 0.3) is 5.56 Å². The summed E-state index contributed by atoms with van der Waals surface area (Å²) < 4.78 is 59.3. The van der Waals surface area contributed by atoms with E-state index in [0.717, 1.165) is 10.7 Å². The third-order valence-electron chi connectivity index (χ3n) is 6.43. The second-order valence-corrected chi connectivity index (χ2v) is 10.6. The molecule has 3 aromatic rings. The van der Waals surface area contributed by atoms with E-state index in [1.807, 2.05) is 0 Å². The molecule has 0 saturated heterocycles. The maximum atomic E-state index is 14.2. The Bertz CT molecular complexity index is 1470. The van der Waals surface area contributed by atoms with Crippen molar-refractivity contribution in [2.75, 3.05) is 32.6 Å². The molecule has 1 aromatic heterocycles. The van der Waals surface area contributed by atoms with Crippen LogP contribution in [0, 0.1) is 0 Å². The number of halogens is 3. The van der Waals surface area contributed by atoms with Crippen LogP contribution in [-0.2, 0) is 23.8 Å². The van der Waals surface area contributed by atoms with Crippen molar-refractivity contribution in [2.24, 2.45) is 0 Å². The molecular weight excluding hydrogens is 541 g/mol. The average molecular weight is 575 g/mol. The summed E-state index contributed by atoms with van der Waals surface area (Å²) in [5.41, 5.74) is -0.252. The van der Waals surface area contributed by atoms with E-state index in [1.165, 1.54) is 26.4 Å². The minimum Gasteiger partial charge on any atom is -0.497 e. The van der Waals surface area contributed by atoms with Gasteiger partial charge in [-0.1, -0.05) is 0 Å². The number of alkyl carbamates (subject to hydrolysis) is 1. The maximum Gasteiger partial charge on any atom is 0.418 e. The van der Waals surface area contributed by atoms with Gasteiger partial charge in [0.15, 0.2) is 0 Å². The molecule has 9 nitrogen and oxygen atoms in total. The van der Waals surface area contributed by atoms with E-state index in [-0.39, 0.29) is 13.1 Å². The molecule has 0 radical (unpaired) electrons. The first-order valence-corrected chi connectivity index (χ1v) is 13.1.